The number of phenols is 1. The molecule has 1 amide bonds. The molecule has 2 N–H and O–H groups in total. The Morgan fingerprint density at radius 3 is 2.76 bits per heavy atom. The molecular formula is C23H27Cl2N5O3. The number of carbonyl (C=O) groups excluding carboxylic acids is 1. The summed E-state index contributed by atoms with van der Waals surface area (Å²) in [5, 5.41) is 14.4. The summed E-state index contributed by atoms with van der Waals surface area (Å²) in [4.78, 5) is 25.0. The Bertz CT molecular complexity index is 1080. The summed E-state index contributed by atoms with van der Waals surface area (Å²) in [6.07, 6.45) is 0. The fourth-order valence-corrected chi connectivity index (χ4v) is 5.48. The fourth-order valence-electron chi connectivity index (χ4n) is 4.93. The van der Waals surface area contributed by atoms with Gasteiger partial charge in [0, 0.05) is 45.3 Å². The summed E-state index contributed by atoms with van der Waals surface area (Å²) < 4.78 is 6.21. The Labute approximate surface area is 203 Å². The van der Waals surface area contributed by atoms with Crippen molar-refractivity contribution >= 4 is 34.9 Å². The van der Waals surface area contributed by atoms with Crippen LogP contribution in [-0.4, -0.2) is 90.8 Å². The molecule has 4 heterocycles. The number of hydrogen-bond donors (Lipinski definition) is 2. The minimum Gasteiger partial charge on any atom is -0.507 e. The van der Waals surface area contributed by atoms with Crippen molar-refractivity contribution in [2.24, 2.45) is 0 Å². The molecule has 1 aromatic carbocycles. The van der Waals surface area contributed by atoms with Crippen molar-refractivity contribution in [3.63, 3.8) is 0 Å². The van der Waals surface area contributed by atoms with Crippen LogP contribution in [0, 0.1) is 0 Å². The predicted octanol–water partition coefficient (Wildman–Crippen LogP) is 2.71. The lowest BCUT2D eigenvalue weighted by atomic mass is 10.0. The van der Waals surface area contributed by atoms with Gasteiger partial charge in [0.2, 0.25) is 0 Å². The topological polar surface area (TPSA) is 81.2 Å². The van der Waals surface area contributed by atoms with Crippen LogP contribution >= 0.6 is 23.2 Å². The lowest BCUT2D eigenvalue weighted by Crippen LogP contribution is -2.55. The second-order valence-corrected chi connectivity index (χ2v) is 9.69. The van der Waals surface area contributed by atoms with E-state index in [0.717, 1.165) is 19.6 Å². The number of piperazine rings is 2. The van der Waals surface area contributed by atoms with E-state index in [1.165, 1.54) is 0 Å². The van der Waals surface area contributed by atoms with E-state index in [9.17, 15) is 9.90 Å². The van der Waals surface area contributed by atoms with Gasteiger partial charge < -0.3 is 29.9 Å². The van der Waals surface area contributed by atoms with Crippen LogP contribution < -0.4 is 15.0 Å². The number of benzene rings is 1. The number of carbonyl (C=O) groups is 1. The summed E-state index contributed by atoms with van der Waals surface area (Å²) in [6, 6.07) is 4.90. The number of amides is 1. The van der Waals surface area contributed by atoms with Crippen molar-refractivity contribution in [1.82, 2.24) is 20.1 Å². The monoisotopic (exact) mass is 491 g/mol. The zero-order valence-corrected chi connectivity index (χ0v) is 20.2. The van der Waals surface area contributed by atoms with E-state index in [1.807, 2.05) is 4.90 Å². The standard InChI is InChI=1S/C23H27Cl2N5O3/c1-13-11-28(2)8-9-29(13)22-18-21(33-12-14-10-26-6-7-30(14)23(18)32)19(25)20(27-22)17-15(24)4-3-5-16(17)31/h3-5,13-14,26,31H,6-12H2,1-2H3/t13-,14+/m0/s1. The van der Waals surface area contributed by atoms with E-state index in [4.69, 9.17) is 32.9 Å². The Morgan fingerprint density at radius 1 is 1.18 bits per heavy atom. The first-order valence-electron chi connectivity index (χ1n) is 11.2. The van der Waals surface area contributed by atoms with E-state index in [1.54, 1.807) is 18.2 Å². The molecule has 5 rings (SSSR count). The molecule has 33 heavy (non-hydrogen) atoms. The molecule has 0 aliphatic carbocycles. The van der Waals surface area contributed by atoms with Gasteiger partial charge in [0.1, 0.15) is 34.5 Å². The maximum absolute atomic E-state index is 13.8. The quantitative estimate of drug-likeness (QED) is 0.668. The van der Waals surface area contributed by atoms with Crippen LogP contribution in [0.5, 0.6) is 11.5 Å². The highest BCUT2D eigenvalue weighted by Gasteiger charge is 2.39. The number of anilines is 1. The zero-order valence-electron chi connectivity index (χ0n) is 18.6. The first-order chi connectivity index (χ1) is 15.9. The average Bonchev–Trinajstić information content (AvgIpc) is 2.93. The van der Waals surface area contributed by atoms with Crippen LogP contribution in [0.4, 0.5) is 5.82 Å². The van der Waals surface area contributed by atoms with Gasteiger partial charge in [-0.1, -0.05) is 29.3 Å². The summed E-state index contributed by atoms with van der Waals surface area (Å²) in [5.41, 5.74) is 1.02. The summed E-state index contributed by atoms with van der Waals surface area (Å²) >= 11 is 13.3. The maximum Gasteiger partial charge on any atom is 0.261 e. The number of nitrogens with one attached hydrogen (secondary N) is 1. The third-order valence-corrected chi connectivity index (χ3v) is 7.32. The number of aromatic nitrogens is 1. The molecule has 3 aliphatic heterocycles. The molecule has 2 aromatic rings. The smallest absolute Gasteiger partial charge is 0.261 e. The molecule has 2 atom stereocenters. The van der Waals surface area contributed by atoms with E-state index in [0.29, 0.717) is 59.7 Å². The largest absolute Gasteiger partial charge is 0.507 e. The normalized spacial score (nSPS) is 23.6. The van der Waals surface area contributed by atoms with Crippen LogP contribution in [-0.2, 0) is 0 Å². The highest BCUT2D eigenvalue weighted by molar-refractivity contribution is 6.38. The molecule has 0 spiro atoms. The number of ether oxygens (including phenoxy) is 1. The van der Waals surface area contributed by atoms with Crippen molar-refractivity contribution < 1.29 is 14.6 Å². The van der Waals surface area contributed by atoms with Crippen molar-refractivity contribution in [2.75, 3.05) is 57.8 Å². The molecule has 0 saturated carbocycles. The van der Waals surface area contributed by atoms with E-state index in [-0.39, 0.29) is 28.8 Å². The van der Waals surface area contributed by atoms with Gasteiger partial charge in [0.25, 0.3) is 5.91 Å². The highest BCUT2D eigenvalue weighted by atomic mass is 35.5. The molecule has 3 aliphatic rings. The van der Waals surface area contributed by atoms with Gasteiger partial charge in [0.15, 0.2) is 5.75 Å². The third kappa shape index (κ3) is 3.89. The van der Waals surface area contributed by atoms with Gasteiger partial charge in [-0.05, 0) is 26.1 Å². The summed E-state index contributed by atoms with van der Waals surface area (Å²) in [5.74, 6) is 0.672. The molecule has 0 bridgehead atoms. The number of phenolic OH excluding ortho intramolecular Hbond substituents is 1. The van der Waals surface area contributed by atoms with Crippen LogP contribution in [0.15, 0.2) is 18.2 Å². The van der Waals surface area contributed by atoms with E-state index >= 15 is 0 Å². The molecule has 0 unspecified atom stereocenters. The number of hydrogen-bond acceptors (Lipinski definition) is 7. The van der Waals surface area contributed by atoms with Gasteiger partial charge in [-0.15, -0.1) is 0 Å². The van der Waals surface area contributed by atoms with Crippen molar-refractivity contribution in [3.05, 3.63) is 33.8 Å². The number of halogens is 2. The molecular weight excluding hydrogens is 465 g/mol. The van der Waals surface area contributed by atoms with Gasteiger partial charge in [-0.2, -0.15) is 0 Å². The second kappa shape index (κ2) is 8.83. The first kappa shape index (κ1) is 22.5. The first-order valence-corrected chi connectivity index (χ1v) is 11.9. The molecule has 8 nitrogen and oxygen atoms in total. The fraction of sp³-hybridized carbons (Fsp3) is 0.478. The number of pyridine rings is 1. The Morgan fingerprint density at radius 2 is 2.00 bits per heavy atom. The summed E-state index contributed by atoms with van der Waals surface area (Å²) in [7, 11) is 2.08. The molecule has 1 aromatic heterocycles. The number of aromatic hydroxyl groups is 1. The number of likely N-dealkylation sites (N-methyl/N-ethyl adjacent to an activating group) is 1. The van der Waals surface area contributed by atoms with E-state index in [2.05, 4.69) is 29.1 Å². The SMILES string of the molecule is C[C@H]1CN(C)CCN1c1nc(-c2c(O)cccc2Cl)c(Cl)c2c1C(=O)N1CCNC[C@@H]1CO2. The number of nitrogens with zero attached hydrogens (tertiary/aromatic N) is 4. The number of fused-ring (bicyclic) bond motifs is 2. The van der Waals surface area contributed by atoms with Gasteiger partial charge in [-0.25, -0.2) is 4.98 Å². The lowest BCUT2D eigenvalue weighted by molar-refractivity contribution is 0.0606. The lowest BCUT2D eigenvalue weighted by Gasteiger charge is -2.40. The van der Waals surface area contributed by atoms with Crippen LogP contribution in [0.2, 0.25) is 10.0 Å². The third-order valence-electron chi connectivity index (χ3n) is 6.65. The molecule has 2 fully saturated rings. The Hall–Kier alpha value is -2.26. The van der Waals surface area contributed by atoms with Gasteiger partial charge >= 0.3 is 0 Å². The second-order valence-electron chi connectivity index (χ2n) is 8.91. The molecule has 0 radical (unpaired) electrons. The molecule has 10 heteroatoms. The summed E-state index contributed by atoms with van der Waals surface area (Å²) in [6.45, 7) is 6.77. The predicted molar refractivity (Wildman–Crippen MR) is 129 cm³/mol. The zero-order chi connectivity index (χ0) is 23.3. The molecule has 2 saturated heterocycles. The average molecular weight is 492 g/mol. The Kier molecular flexibility index (Phi) is 6.03. The molecule has 176 valence electrons. The Balaban J connectivity index is 1.74. The minimum absolute atomic E-state index is 0.0317. The van der Waals surface area contributed by atoms with Crippen molar-refractivity contribution in [2.45, 2.75) is 19.0 Å². The minimum atomic E-state index is -0.126. The van der Waals surface area contributed by atoms with Crippen molar-refractivity contribution in [3.8, 4) is 22.8 Å². The van der Waals surface area contributed by atoms with E-state index < -0.39 is 0 Å². The van der Waals surface area contributed by atoms with Crippen LogP contribution in [0.1, 0.15) is 17.3 Å². The van der Waals surface area contributed by atoms with Crippen molar-refractivity contribution in [1.29, 1.82) is 0 Å². The van der Waals surface area contributed by atoms with Gasteiger partial charge in [0.05, 0.1) is 16.6 Å². The maximum atomic E-state index is 13.8. The van der Waals surface area contributed by atoms with Crippen LogP contribution in [0.3, 0.4) is 0 Å². The van der Waals surface area contributed by atoms with Crippen LogP contribution in [0.25, 0.3) is 11.3 Å². The highest BCUT2D eigenvalue weighted by Crippen LogP contribution is 2.47. The van der Waals surface area contributed by atoms with Gasteiger partial charge in [-0.3, -0.25) is 4.79 Å². The number of rotatable bonds is 2.